The van der Waals surface area contributed by atoms with E-state index in [1.54, 1.807) is 18.1 Å². The Balaban J connectivity index is 1.35. The summed E-state index contributed by atoms with van der Waals surface area (Å²) in [6.45, 7) is 0.696. The van der Waals surface area contributed by atoms with Gasteiger partial charge in [0.05, 0.1) is 19.3 Å². The number of anilines is 1. The van der Waals surface area contributed by atoms with Gasteiger partial charge in [0.25, 0.3) is 5.91 Å². The maximum absolute atomic E-state index is 13.3. The molecule has 4 aromatic rings. The summed E-state index contributed by atoms with van der Waals surface area (Å²) < 4.78 is 5.22. The lowest BCUT2D eigenvalue weighted by molar-refractivity contribution is -0.112. The van der Waals surface area contributed by atoms with Crippen LogP contribution in [0.2, 0.25) is 0 Å². The minimum absolute atomic E-state index is 0.180. The molecule has 0 atom stereocenters. The van der Waals surface area contributed by atoms with E-state index in [9.17, 15) is 9.90 Å². The van der Waals surface area contributed by atoms with Gasteiger partial charge in [0.2, 0.25) is 0 Å². The fraction of sp³-hybridized carbons (Fsp3) is 0.107. The monoisotopic (exact) mass is 481 g/mol. The van der Waals surface area contributed by atoms with Crippen molar-refractivity contribution < 1.29 is 14.6 Å². The molecule has 0 aromatic heterocycles. The van der Waals surface area contributed by atoms with Crippen LogP contribution in [-0.2, 0) is 17.9 Å². The number of benzene rings is 4. The number of aromatic hydroxyl groups is 1. The van der Waals surface area contributed by atoms with Gasteiger partial charge in [-0.25, -0.2) is 4.99 Å². The van der Waals surface area contributed by atoms with Crippen molar-refractivity contribution in [3.05, 3.63) is 102 Å². The largest absolute Gasteiger partial charge is 0.508 e. The number of thiocarbonyl (C=S) groups is 1. The smallest absolute Gasteiger partial charge is 0.278 e. The van der Waals surface area contributed by atoms with Gasteiger partial charge in [0.1, 0.15) is 17.2 Å². The van der Waals surface area contributed by atoms with Crippen LogP contribution >= 0.6 is 12.2 Å². The molecule has 6 nitrogen and oxygen atoms in total. The minimum atomic E-state index is -0.209. The molecule has 0 radical (unpaired) electrons. The maximum atomic E-state index is 13.3. The molecule has 1 aliphatic heterocycles. The SMILES string of the molecule is COc1ccc(CN2C(=O)/C(=N\C(=S)NCc3cc4ccccc4cc3O)c3ccccc32)cc1. The summed E-state index contributed by atoms with van der Waals surface area (Å²) in [5, 5.41) is 15.6. The highest BCUT2D eigenvalue weighted by Crippen LogP contribution is 2.31. The summed E-state index contributed by atoms with van der Waals surface area (Å²) in [6, 6.07) is 26.6. The lowest BCUT2D eigenvalue weighted by Crippen LogP contribution is -2.31. The molecule has 1 heterocycles. The van der Waals surface area contributed by atoms with Crippen LogP contribution in [0.25, 0.3) is 10.8 Å². The van der Waals surface area contributed by atoms with E-state index < -0.39 is 0 Å². The number of nitrogens with zero attached hydrogens (tertiary/aromatic N) is 2. The number of ether oxygens (including phenoxy) is 1. The lowest BCUT2D eigenvalue weighted by Gasteiger charge is -2.17. The van der Waals surface area contributed by atoms with Crippen molar-refractivity contribution >= 4 is 45.4 Å². The van der Waals surface area contributed by atoms with Crippen LogP contribution in [0, 0.1) is 0 Å². The molecule has 0 saturated heterocycles. The zero-order valence-corrected chi connectivity index (χ0v) is 19.9. The number of phenolic OH excluding ortho intramolecular Hbond substituents is 1. The zero-order chi connectivity index (χ0) is 24.4. The number of para-hydroxylation sites is 1. The maximum Gasteiger partial charge on any atom is 0.278 e. The predicted molar refractivity (Wildman–Crippen MR) is 142 cm³/mol. The van der Waals surface area contributed by atoms with Crippen LogP contribution in [-0.4, -0.2) is 28.9 Å². The molecule has 174 valence electrons. The molecule has 5 rings (SSSR count). The molecule has 0 unspecified atom stereocenters. The van der Waals surface area contributed by atoms with E-state index in [0.29, 0.717) is 17.8 Å². The van der Waals surface area contributed by atoms with E-state index in [1.807, 2.05) is 78.9 Å². The highest BCUT2D eigenvalue weighted by atomic mass is 32.1. The Bertz CT molecular complexity index is 1460. The third-order valence-corrected chi connectivity index (χ3v) is 6.22. The van der Waals surface area contributed by atoms with Crippen LogP contribution in [0.5, 0.6) is 11.5 Å². The Morgan fingerprint density at radius 3 is 2.43 bits per heavy atom. The van der Waals surface area contributed by atoms with Crippen molar-refractivity contribution in [1.82, 2.24) is 5.32 Å². The number of phenols is 1. The Morgan fingerprint density at radius 1 is 1.00 bits per heavy atom. The fourth-order valence-corrected chi connectivity index (χ4v) is 4.33. The van der Waals surface area contributed by atoms with E-state index in [0.717, 1.165) is 33.3 Å². The van der Waals surface area contributed by atoms with Gasteiger partial charge in [0.15, 0.2) is 5.11 Å². The van der Waals surface area contributed by atoms with Crippen molar-refractivity contribution in [3.8, 4) is 11.5 Å². The van der Waals surface area contributed by atoms with Crippen LogP contribution in [0.3, 0.4) is 0 Å². The normalized spacial score (nSPS) is 13.8. The molecule has 35 heavy (non-hydrogen) atoms. The van der Waals surface area contributed by atoms with E-state index in [1.165, 1.54) is 0 Å². The third-order valence-electron chi connectivity index (χ3n) is 5.99. The van der Waals surface area contributed by atoms with Gasteiger partial charge in [-0.2, -0.15) is 0 Å². The molecule has 7 heteroatoms. The number of aliphatic imine (C=N–C) groups is 1. The summed E-state index contributed by atoms with van der Waals surface area (Å²) in [6.07, 6.45) is 0. The van der Waals surface area contributed by atoms with Crippen LogP contribution in [0.1, 0.15) is 16.7 Å². The van der Waals surface area contributed by atoms with Gasteiger partial charge in [-0.05, 0) is 58.9 Å². The highest BCUT2D eigenvalue weighted by Gasteiger charge is 2.34. The highest BCUT2D eigenvalue weighted by molar-refractivity contribution is 7.80. The Kier molecular flexibility index (Phi) is 6.16. The van der Waals surface area contributed by atoms with E-state index in [-0.39, 0.29) is 23.3 Å². The molecule has 4 aromatic carbocycles. The van der Waals surface area contributed by atoms with Gasteiger partial charge in [-0.15, -0.1) is 0 Å². The number of nitrogens with one attached hydrogen (secondary N) is 1. The zero-order valence-electron chi connectivity index (χ0n) is 19.1. The van der Waals surface area contributed by atoms with Crippen molar-refractivity contribution in [1.29, 1.82) is 0 Å². The standard InChI is InChI=1S/C28H23N3O3S/c1-34-22-12-10-18(11-13-22)17-31-24-9-5-4-8-23(24)26(27(31)33)30-28(35)29-16-21-14-19-6-2-3-7-20(19)15-25(21)32/h2-15,32H,16-17H2,1H3,(H,29,35)/b30-26-. The first-order valence-corrected chi connectivity index (χ1v) is 11.6. The number of methoxy groups -OCH3 is 1. The number of fused-ring (bicyclic) bond motifs is 2. The van der Waals surface area contributed by atoms with Gasteiger partial charge >= 0.3 is 0 Å². The summed E-state index contributed by atoms with van der Waals surface area (Å²) in [5.74, 6) is 0.734. The lowest BCUT2D eigenvalue weighted by atomic mass is 10.1. The molecule has 1 amide bonds. The van der Waals surface area contributed by atoms with Gasteiger partial charge in [0, 0.05) is 17.7 Å². The number of amides is 1. The first kappa shape index (κ1) is 22.6. The van der Waals surface area contributed by atoms with Crippen molar-refractivity contribution in [2.75, 3.05) is 12.0 Å². The first-order valence-electron chi connectivity index (χ1n) is 11.1. The molecule has 1 aliphatic rings. The van der Waals surface area contributed by atoms with Crippen molar-refractivity contribution in [2.24, 2.45) is 4.99 Å². The van der Waals surface area contributed by atoms with E-state index in [4.69, 9.17) is 17.0 Å². The van der Waals surface area contributed by atoms with E-state index >= 15 is 0 Å². The Morgan fingerprint density at radius 2 is 1.69 bits per heavy atom. The number of carbonyl (C=O) groups excluding carboxylic acids is 1. The number of hydrogen-bond donors (Lipinski definition) is 2. The molecule has 0 fully saturated rings. The van der Waals surface area contributed by atoms with Crippen molar-refractivity contribution in [3.63, 3.8) is 0 Å². The molecule has 0 spiro atoms. The van der Waals surface area contributed by atoms with Crippen molar-refractivity contribution in [2.45, 2.75) is 13.1 Å². The molecule has 0 aliphatic carbocycles. The summed E-state index contributed by atoms with van der Waals surface area (Å²) in [4.78, 5) is 19.5. The number of rotatable bonds is 5. The number of carbonyl (C=O) groups is 1. The second-order valence-corrected chi connectivity index (χ2v) is 8.59. The average molecular weight is 482 g/mol. The molecule has 2 N–H and O–H groups in total. The third kappa shape index (κ3) is 4.58. The Labute approximate surface area is 208 Å². The molecule has 0 bridgehead atoms. The molecule has 0 saturated carbocycles. The van der Waals surface area contributed by atoms with Gasteiger partial charge < -0.3 is 20.1 Å². The second kappa shape index (κ2) is 9.56. The van der Waals surface area contributed by atoms with Crippen LogP contribution in [0.4, 0.5) is 5.69 Å². The summed E-state index contributed by atoms with van der Waals surface area (Å²) >= 11 is 5.44. The fourth-order valence-electron chi connectivity index (χ4n) is 4.17. The summed E-state index contributed by atoms with van der Waals surface area (Å²) in [5.41, 5.74) is 3.51. The van der Waals surface area contributed by atoms with Crippen LogP contribution < -0.4 is 15.0 Å². The predicted octanol–water partition coefficient (Wildman–Crippen LogP) is 4.96. The molecular formula is C28H23N3O3S. The molecular weight excluding hydrogens is 458 g/mol. The minimum Gasteiger partial charge on any atom is -0.508 e. The number of hydrogen-bond acceptors (Lipinski definition) is 4. The van der Waals surface area contributed by atoms with Gasteiger partial charge in [-0.3, -0.25) is 4.79 Å². The second-order valence-electron chi connectivity index (χ2n) is 8.20. The topological polar surface area (TPSA) is 74.2 Å². The Hall–Kier alpha value is -4.23. The van der Waals surface area contributed by atoms with Crippen LogP contribution in [0.15, 0.2) is 89.9 Å². The van der Waals surface area contributed by atoms with Gasteiger partial charge in [-0.1, -0.05) is 54.6 Å². The average Bonchev–Trinajstić information content (AvgIpc) is 3.14. The quantitative estimate of drug-likeness (QED) is 0.394. The summed E-state index contributed by atoms with van der Waals surface area (Å²) in [7, 11) is 1.62. The first-order chi connectivity index (χ1) is 17.0. The van der Waals surface area contributed by atoms with E-state index in [2.05, 4.69) is 10.3 Å².